The van der Waals surface area contributed by atoms with Gasteiger partial charge in [0.05, 0.1) is 13.6 Å². The minimum Gasteiger partial charge on any atom is -0.396 e. The molecule has 1 atom stereocenters. The van der Waals surface area contributed by atoms with E-state index >= 15 is 0 Å². The molecule has 0 aromatic carbocycles. The highest BCUT2D eigenvalue weighted by Gasteiger charge is 2.23. The van der Waals surface area contributed by atoms with Gasteiger partial charge in [-0.05, 0) is 17.0 Å². The summed E-state index contributed by atoms with van der Waals surface area (Å²) in [6.07, 6.45) is 0.726. The Bertz CT molecular complexity index is 317. The molecular weight excluding hydrogens is 206 g/mol. The van der Waals surface area contributed by atoms with Crippen molar-refractivity contribution in [2.75, 3.05) is 6.61 Å². The van der Waals surface area contributed by atoms with Crippen LogP contribution >= 0.6 is 0 Å². The second kappa shape index (κ2) is 5.36. The lowest BCUT2D eigenvalue weighted by Gasteiger charge is -2.30. The van der Waals surface area contributed by atoms with Crippen LogP contribution in [-0.2, 0) is 13.6 Å². The molecule has 0 spiro atoms. The van der Waals surface area contributed by atoms with E-state index in [1.807, 2.05) is 0 Å². The van der Waals surface area contributed by atoms with E-state index in [1.165, 1.54) is 4.80 Å². The molecule has 1 aromatic rings. The molecule has 0 saturated heterocycles. The number of nitrogens with one attached hydrogen (secondary N) is 1. The molecule has 1 rings (SSSR count). The Balaban J connectivity index is 2.50. The molecule has 1 aromatic heterocycles. The molecule has 16 heavy (non-hydrogen) atoms. The van der Waals surface area contributed by atoms with Crippen LogP contribution in [0.3, 0.4) is 0 Å². The summed E-state index contributed by atoms with van der Waals surface area (Å²) in [6, 6.07) is 0.237. The molecule has 0 aliphatic heterocycles. The van der Waals surface area contributed by atoms with E-state index in [0.29, 0.717) is 12.4 Å². The third kappa shape index (κ3) is 3.86. The maximum Gasteiger partial charge on any atom is 0.188 e. The molecule has 6 heteroatoms. The Morgan fingerprint density at radius 3 is 2.56 bits per heavy atom. The number of rotatable bonds is 5. The Morgan fingerprint density at radius 2 is 2.12 bits per heavy atom. The summed E-state index contributed by atoms with van der Waals surface area (Å²) in [5.74, 6) is 0.676. The highest BCUT2D eigenvalue weighted by molar-refractivity contribution is 4.84. The number of tetrazole rings is 1. The number of hydrogen-bond donors (Lipinski definition) is 2. The number of aryl methyl sites for hydroxylation is 1. The number of aliphatic hydroxyl groups excluding tert-OH is 1. The van der Waals surface area contributed by atoms with Crippen LogP contribution in [0, 0.1) is 5.41 Å². The fourth-order valence-electron chi connectivity index (χ4n) is 1.58. The van der Waals surface area contributed by atoms with Gasteiger partial charge >= 0.3 is 0 Å². The van der Waals surface area contributed by atoms with Crippen molar-refractivity contribution in [3.05, 3.63) is 5.82 Å². The minimum absolute atomic E-state index is 0.102. The monoisotopic (exact) mass is 227 g/mol. The largest absolute Gasteiger partial charge is 0.396 e. The van der Waals surface area contributed by atoms with Gasteiger partial charge in [-0.3, -0.25) is 0 Å². The SMILES string of the molecule is Cn1nnc(CNC(CCO)C(C)(C)C)n1. The van der Waals surface area contributed by atoms with Crippen LogP contribution in [0.4, 0.5) is 0 Å². The van der Waals surface area contributed by atoms with Crippen LogP contribution in [0.5, 0.6) is 0 Å². The van der Waals surface area contributed by atoms with E-state index in [2.05, 4.69) is 41.5 Å². The highest BCUT2D eigenvalue weighted by Crippen LogP contribution is 2.21. The van der Waals surface area contributed by atoms with Gasteiger partial charge in [0.15, 0.2) is 5.82 Å². The molecule has 1 unspecified atom stereocenters. The zero-order valence-electron chi connectivity index (χ0n) is 10.4. The predicted molar refractivity (Wildman–Crippen MR) is 60.6 cm³/mol. The standard InChI is InChI=1S/C10H21N5O/c1-10(2,3)8(5-6-16)11-7-9-12-14-15(4)13-9/h8,11,16H,5-7H2,1-4H3. The highest BCUT2D eigenvalue weighted by atomic mass is 16.3. The Hall–Kier alpha value is -1.01. The quantitative estimate of drug-likeness (QED) is 0.746. The number of aliphatic hydroxyl groups is 1. The van der Waals surface area contributed by atoms with Gasteiger partial charge < -0.3 is 10.4 Å². The van der Waals surface area contributed by atoms with Crippen molar-refractivity contribution >= 4 is 0 Å². The second-order valence-electron chi connectivity index (χ2n) is 5.01. The normalized spacial score (nSPS) is 14.1. The summed E-state index contributed by atoms with van der Waals surface area (Å²) >= 11 is 0. The lowest BCUT2D eigenvalue weighted by Crippen LogP contribution is -2.40. The van der Waals surface area contributed by atoms with Crippen LogP contribution < -0.4 is 5.32 Å². The van der Waals surface area contributed by atoms with Crippen LogP contribution in [0.25, 0.3) is 0 Å². The van der Waals surface area contributed by atoms with E-state index in [0.717, 1.165) is 6.42 Å². The topological polar surface area (TPSA) is 75.9 Å². The van der Waals surface area contributed by atoms with Crippen molar-refractivity contribution in [3.63, 3.8) is 0 Å². The van der Waals surface area contributed by atoms with E-state index in [-0.39, 0.29) is 18.1 Å². The summed E-state index contributed by atoms with van der Waals surface area (Å²) in [4.78, 5) is 1.44. The molecule has 6 nitrogen and oxygen atoms in total. The Kier molecular flexibility index (Phi) is 4.37. The van der Waals surface area contributed by atoms with Crippen molar-refractivity contribution in [3.8, 4) is 0 Å². The van der Waals surface area contributed by atoms with Crippen LogP contribution in [-0.4, -0.2) is 38.0 Å². The maximum absolute atomic E-state index is 9.01. The Morgan fingerprint density at radius 1 is 1.44 bits per heavy atom. The summed E-state index contributed by atoms with van der Waals surface area (Å²) in [5.41, 5.74) is 0.102. The van der Waals surface area contributed by atoms with Crippen molar-refractivity contribution in [2.45, 2.75) is 39.8 Å². The van der Waals surface area contributed by atoms with Gasteiger partial charge in [0.2, 0.25) is 0 Å². The minimum atomic E-state index is 0.102. The van der Waals surface area contributed by atoms with Crippen LogP contribution in [0.15, 0.2) is 0 Å². The van der Waals surface area contributed by atoms with E-state index in [9.17, 15) is 0 Å². The molecule has 0 bridgehead atoms. The van der Waals surface area contributed by atoms with Gasteiger partial charge in [-0.15, -0.1) is 10.2 Å². The van der Waals surface area contributed by atoms with Gasteiger partial charge in [0, 0.05) is 12.6 Å². The first kappa shape index (κ1) is 13.1. The molecule has 0 saturated carbocycles. The molecule has 0 fully saturated rings. The van der Waals surface area contributed by atoms with E-state index in [4.69, 9.17) is 5.11 Å². The maximum atomic E-state index is 9.01. The lowest BCUT2D eigenvalue weighted by molar-refractivity contribution is 0.195. The molecule has 1 heterocycles. The zero-order chi connectivity index (χ0) is 12.2. The first-order chi connectivity index (χ1) is 7.43. The first-order valence-corrected chi connectivity index (χ1v) is 5.50. The summed E-state index contributed by atoms with van der Waals surface area (Å²) < 4.78 is 0. The zero-order valence-corrected chi connectivity index (χ0v) is 10.4. The molecule has 0 aliphatic carbocycles. The third-order valence-electron chi connectivity index (χ3n) is 2.52. The van der Waals surface area contributed by atoms with Gasteiger partial charge in [-0.2, -0.15) is 4.80 Å². The number of aromatic nitrogens is 4. The van der Waals surface area contributed by atoms with Crippen LogP contribution in [0.2, 0.25) is 0 Å². The predicted octanol–water partition coefficient (Wildman–Crippen LogP) is 0.0968. The van der Waals surface area contributed by atoms with Crippen LogP contribution in [0.1, 0.15) is 33.0 Å². The van der Waals surface area contributed by atoms with Gasteiger partial charge in [0.1, 0.15) is 0 Å². The van der Waals surface area contributed by atoms with Crippen molar-refractivity contribution < 1.29 is 5.11 Å². The fourth-order valence-corrected chi connectivity index (χ4v) is 1.58. The van der Waals surface area contributed by atoms with Crippen molar-refractivity contribution in [2.24, 2.45) is 12.5 Å². The molecule has 0 aliphatic rings. The molecule has 0 amide bonds. The average molecular weight is 227 g/mol. The molecule has 0 radical (unpaired) electrons. The van der Waals surface area contributed by atoms with Gasteiger partial charge in [0.25, 0.3) is 0 Å². The van der Waals surface area contributed by atoms with Crippen molar-refractivity contribution in [1.29, 1.82) is 0 Å². The Labute approximate surface area is 96.0 Å². The second-order valence-corrected chi connectivity index (χ2v) is 5.01. The van der Waals surface area contributed by atoms with Gasteiger partial charge in [-0.1, -0.05) is 20.8 Å². The van der Waals surface area contributed by atoms with Crippen molar-refractivity contribution in [1.82, 2.24) is 25.5 Å². The lowest BCUT2D eigenvalue weighted by atomic mass is 9.85. The molecule has 92 valence electrons. The van der Waals surface area contributed by atoms with E-state index in [1.54, 1.807) is 7.05 Å². The molecular formula is C10H21N5O. The summed E-state index contributed by atoms with van der Waals surface area (Å²) in [7, 11) is 1.74. The average Bonchev–Trinajstić information content (AvgIpc) is 2.57. The third-order valence-corrected chi connectivity index (χ3v) is 2.52. The summed E-state index contributed by atoms with van der Waals surface area (Å²) in [6.45, 7) is 7.19. The summed E-state index contributed by atoms with van der Waals surface area (Å²) in [5, 5.41) is 24.1. The first-order valence-electron chi connectivity index (χ1n) is 5.50. The van der Waals surface area contributed by atoms with E-state index < -0.39 is 0 Å². The van der Waals surface area contributed by atoms with Gasteiger partial charge in [-0.25, -0.2) is 0 Å². The smallest absolute Gasteiger partial charge is 0.188 e. The number of hydrogen-bond acceptors (Lipinski definition) is 5. The fraction of sp³-hybridized carbons (Fsp3) is 0.900. The number of nitrogens with zero attached hydrogens (tertiary/aromatic N) is 4. The molecule has 2 N–H and O–H groups in total.